The molecule has 106 valence electrons. The average Bonchev–Trinajstić information content (AvgIpc) is 2.80. The minimum Gasteiger partial charge on any atom is -0.394 e. The number of rotatable bonds is 2. The first-order chi connectivity index (χ1) is 9.61. The van der Waals surface area contributed by atoms with Gasteiger partial charge in [0.1, 0.15) is 5.82 Å². The second kappa shape index (κ2) is 5.04. The lowest BCUT2D eigenvalue weighted by Gasteiger charge is -2.35. The van der Waals surface area contributed by atoms with E-state index >= 15 is 0 Å². The number of H-pyrrole nitrogens is 1. The highest BCUT2D eigenvalue weighted by Crippen LogP contribution is 2.33. The molecule has 2 aromatic rings. The van der Waals surface area contributed by atoms with Crippen LogP contribution in [-0.2, 0) is 0 Å². The number of nitrogens with zero attached hydrogens (tertiary/aromatic N) is 1. The van der Waals surface area contributed by atoms with Crippen molar-refractivity contribution in [2.24, 2.45) is 5.92 Å². The molecule has 1 aromatic carbocycles. The van der Waals surface area contributed by atoms with E-state index in [9.17, 15) is 9.50 Å². The topological polar surface area (TPSA) is 39.3 Å². The lowest BCUT2D eigenvalue weighted by Crippen LogP contribution is -2.41. The summed E-state index contributed by atoms with van der Waals surface area (Å²) in [5.41, 5.74) is 2.85. The van der Waals surface area contributed by atoms with Gasteiger partial charge >= 0.3 is 0 Å². The molecule has 0 radical (unpaired) electrons. The molecule has 0 bridgehead atoms. The van der Waals surface area contributed by atoms with Crippen molar-refractivity contribution in [1.82, 2.24) is 9.88 Å². The Morgan fingerprint density at radius 3 is 3.00 bits per heavy atom. The molecule has 0 aliphatic carbocycles. The molecule has 0 spiro atoms. The van der Waals surface area contributed by atoms with Crippen molar-refractivity contribution in [2.75, 3.05) is 20.2 Å². The van der Waals surface area contributed by atoms with E-state index in [4.69, 9.17) is 0 Å². The highest BCUT2D eigenvalue weighted by Gasteiger charge is 2.27. The van der Waals surface area contributed by atoms with Gasteiger partial charge in [-0.1, -0.05) is 25.1 Å². The van der Waals surface area contributed by atoms with E-state index in [-0.39, 0.29) is 18.5 Å². The molecule has 0 amide bonds. The molecular formula is C16H19FN2O. The molecule has 1 aliphatic rings. The van der Waals surface area contributed by atoms with Gasteiger partial charge in [0.2, 0.25) is 0 Å². The molecule has 1 unspecified atom stereocenters. The van der Waals surface area contributed by atoms with Crippen molar-refractivity contribution in [3.8, 4) is 0 Å². The maximum absolute atomic E-state index is 13.7. The van der Waals surface area contributed by atoms with Gasteiger partial charge in [0.25, 0.3) is 0 Å². The first-order valence-corrected chi connectivity index (χ1v) is 6.90. The number of hydrogen-bond acceptors (Lipinski definition) is 2. The molecule has 0 saturated carbocycles. The summed E-state index contributed by atoms with van der Waals surface area (Å²) in [6.45, 7) is 3.14. The minimum atomic E-state index is -0.236. The average molecular weight is 274 g/mol. The van der Waals surface area contributed by atoms with E-state index in [1.165, 1.54) is 6.20 Å². The summed E-state index contributed by atoms with van der Waals surface area (Å²) < 4.78 is 13.7. The van der Waals surface area contributed by atoms with Gasteiger partial charge in [-0.25, -0.2) is 4.39 Å². The van der Waals surface area contributed by atoms with Gasteiger partial charge in [0.05, 0.1) is 18.2 Å². The molecule has 0 fully saturated rings. The Labute approximate surface area is 117 Å². The van der Waals surface area contributed by atoms with E-state index in [0.29, 0.717) is 11.3 Å². The minimum absolute atomic E-state index is 0.0387. The fourth-order valence-corrected chi connectivity index (χ4v) is 3.16. The predicted molar refractivity (Wildman–Crippen MR) is 78.9 cm³/mol. The maximum atomic E-state index is 13.7. The van der Waals surface area contributed by atoms with Crippen molar-refractivity contribution in [2.45, 2.75) is 13.0 Å². The van der Waals surface area contributed by atoms with E-state index in [1.54, 1.807) is 6.07 Å². The smallest absolute Gasteiger partial charge is 0.148 e. The third-order valence-corrected chi connectivity index (χ3v) is 4.08. The molecule has 3 rings (SSSR count). The fraction of sp³-hybridized carbons (Fsp3) is 0.375. The molecule has 0 saturated heterocycles. The summed E-state index contributed by atoms with van der Waals surface area (Å²) in [5, 5.41) is 10.3. The van der Waals surface area contributed by atoms with Gasteiger partial charge in [-0.3, -0.25) is 4.90 Å². The van der Waals surface area contributed by atoms with Crippen molar-refractivity contribution in [3.63, 3.8) is 0 Å². The number of nitrogens with one attached hydrogen (secondary N) is 1. The molecule has 3 nitrogen and oxygen atoms in total. The summed E-state index contributed by atoms with van der Waals surface area (Å²) in [6, 6.07) is 5.58. The largest absolute Gasteiger partial charge is 0.394 e. The molecule has 20 heavy (non-hydrogen) atoms. The maximum Gasteiger partial charge on any atom is 0.148 e. The summed E-state index contributed by atoms with van der Waals surface area (Å²) >= 11 is 0. The number of aromatic amines is 1. The van der Waals surface area contributed by atoms with Gasteiger partial charge in [0.15, 0.2) is 0 Å². The monoisotopic (exact) mass is 274 g/mol. The van der Waals surface area contributed by atoms with Crippen LogP contribution in [0.4, 0.5) is 4.39 Å². The molecule has 2 N–H and O–H groups in total. The lowest BCUT2D eigenvalue weighted by molar-refractivity contribution is 0.167. The van der Waals surface area contributed by atoms with Crippen LogP contribution in [0.2, 0.25) is 0 Å². The van der Waals surface area contributed by atoms with E-state index < -0.39 is 0 Å². The Morgan fingerprint density at radius 1 is 1.45 bits per heavy atom. The predicted octanol–water partition coefficient (Wildman–Crippen LogP) is 2.63. The van der Waals surface area contributed by atoms with Crippen LogP contribution in [-0.4, -0.2) is 41.2 Å². The third kappa shape index (κ3) is 2.05. The first kappa shape index (κ1) is 13.3. The Balaban J connectivity index is 2.18. The number of aliphatic hydroxyl groups excluding tert-OH is 1. The Kier molecular flexibility index (Phi) is 3.36. The number of aliphatic hydroxyl groups is 1. The van der Waals surface area contributed by atoms with E-state index in [0.717, 1.165) is 23.2 Å². The molecule has 1 aromatic heterocycles. The van der Waals surface area contributed by atoms with Gasteiger partial charge in [0, 0.05) is 23.7 Å². The molecule has 1 aliphatic heterocycles. The van der Waals surface area contributed by atoms with Crippen molar-refractivity contribution >= 4 is 16.5 Å². The van der Waals surface area contributed by atoms with Crippen molar-refractivity contribution in [1.29, 1.82) is 0 Å². The van der Waals surface area contributed by atoms with E-state index in [2.05, 4.69) is 22.9 Å². The SMILES string of the molecule is CC1C=C(c2cccc3c(F)c[nH]c23)[C@@H](CO)N(C)C1. The highest BCUT2D eigenvalue weighted by molar-refractivity contribution is 5.93. The van der Waals surface area contributed by atoms with Crippen LogP contribution in [0.15, 0.2) is 30.5 Å². The number of fused-ring (bicyclic) bond motifs is 1. The normalized spacial score (nSPS) is 24.1. The zero-order chi connectivity index (χ0) is 14.3. The van der Waals surface area contributed by atoms with Crippen LogP contribution in [0.1, 0.15) is 12.5 Å². The van der Waals surface area contributed by atoms with Crippen LogP contribution >= 0.6 is 0 Å². The highest BCUT2D eigenvalue weighted by atomic mass is 19.1. The standard InChI is InChI=1S/C16H19FN2O/c1-10-6-13(15(9-20)19(2)8-10)11-4-3-5-12-14(17)7-18-16(11)12/h3-7,10,15,18,20H,8-9H2,1-2H3/t10?,15-/m1/s1. The Hall–Kier alpha value is -1.65. The quantitative estimate of drug-likeness (QED) is 0.883. The van der Waals surface area contributed by atoms with Crippen molar-refractivity contribution in [3.05, 3.63) is 41.9 Å². The van der Waals surface area contributed by atoms with Crippen LogP contribution in [0.3, 0.4) is 0 Å². The molecular weight excluding hydrogens is 255 g/mol. The summed E-state index contributed by atoms with van der Waals surface area (Å²) in [5.74, 6) is 0.174. The second-order valence-corrected chi connectivity index (χ2v) is 5.60. The second-order valence-electron chi connectivity index (χ2n) is 5.60. The number of benzene rings is 1. The number of para-hydroxylation sites is 1. The number of hydrogen-bond donors (Lipinski definition) is 2. The number of likely N-dealkylation sites (N-methyl/N-ethyl adjacent to an activating group) is 1. The summed E-state index contributed by atoms with van der Waals surface area (Å²) in [6.07, 6.45) is 3.58. The van der Waals surface area contributed by atoms with E-state index in [1.807, 2.05) is 19.2 Å². The molecule has 2 heterocycles. The van der Waals surface area contributed by atoms with Crippen LogP contribution in [0, 0.1) is 11.7 Å². The van der Waals surface area contributed by atoms with Gasteiger partial charge in [-0.05, 0) is 24.6 Å². The van der Waals surface area contributed by atoms with Crippen LogP contribution in [0.5, 0.6) is 0 Å². The van der Waals surface area contributed by atoms with Crippen LogP contribution in [0.25, 0.3) is 16.5 Å². The molecule has 4 heteroatoms. The molecule has 2 atom stereocenters. The van der Waals surface area contributed by atoms with Crippen molar-refractivity contribution < 1.29 is 9.50 Å². The summed E-state index contributed by atoms with van der Waals surface area (Å²) in [4.78, 5) is 5.16. The van der Waals surface area contributed by atoms with Crippen LogP contribution < -0.4 is 0 Å². The number of aromatic nitrogens is 1. The third-order valence-electron chi connectivity index (χ3n) is 4.08. The fourth-order valence-electron chi connectivity index (χ4n) is 3.16. The van der Waals surface area contributed by atoms with Gasteiger partial charge < -0.3 is 10.1 Å². The zero-order valence-electron chi connectivity index (χ0n) is 11.7. The zero-order valence-corrected chi connectivity index (χ0v) is 11.7. The first-order valence-electron chi connectivity index (χ1n) is 6.90. The number of halogens is 1. The summed E-state index contributed by atoms with van der Waals surface area (Å²) in [7, 11) is 2.01. The Bertz CT molecular complexity index is 662. The van der Waals surface area contributed by atoms with Gasteiger partial charge in [-0.2, -0.15) is 0 Å². The Morgan fingerprint density at radius 2 is 2.25 bits per heavy atom. The lowest BCUT2D eigenvalue weighted by atomic mass is 9.89. The van der Waals surface area contributed by atoms with Gasteiger partial charge in [-0.15, -0.1) is 0 Å².